The van der Waals surface area contributed by atoms with Gasteiger partial charge in [-0.05, 0) is 42.5 Å². The molecule has 1 aliphatic rings. The monoisotopic (exact) mass is 356 g/mol. The van der Waals surface area contributed by atoms with Crippen molar-refractivity contribution in [2.75, 3.05) is 11.4 Å². The van der Waals surface area contributed by atoms with Crippen molar-refractivity contribution in [2.45, 2.75) is 10.9 Å². The number of nitrogens with one attached hydrogen (secondary N) is 1. The van der Waals surface area contributed by atoms with E-state index < -0.39 is 44.3 Å². The molecule has 5 nitrogen and oxygen atoms in total. The van der Waals surface area contributed by atoms with E-state index >= 15 is 0 Å². The molecule has 1 aliphatic heterocycles. The van der Waals surface area contributed by atoms with Gasteiger partial charge in [0.1, 0.15) is 28.4 Å². The fraction of sp³-hybridized carbons (Fsp3) is 0.133. The first-order valence-corrected chi connectivity index (χ1v) is 8.30. The van der Waals surface area contributed by atoms with Gasteiger partial charge in [-0.25, -0.2) is 21.6 Å². The Morgan fingerprint density at radius 3 is 2.25 bits per heavy atom. The van der Waals surface area contributed by atoms with Gasteiger partial charge in [-0.2, -0.15) is 4.72 Å². The minimum Gasteiger partial charge on any atom is -0.309 e. The number of hydrogen-bond donors (Lipinski definition) is 1. The van der Waals surface area contributed by atoms with Gasteiger partial charge in [0.2, 0.25) is 15.9 Å². The molecule has 126 valence electrons. The van der Waals surface area contributed by atoms with Crippen LogP contribution in [0.4, 0.5) is 18.9 Å². The van der Waals surface area contributed by atoms with E-state index in [0.29, 0.717) is 17.8 Å². The first-order chi connectivity index (χ1) is 11.3. The molecule has 3 rings (SSSR count). The van der Waals surface area contributed by atoms with Crippen molar-refractivity contribution in [3.05, 3.63) is 59.9 Å². The van der Waals surface area contributed by atoms with Crippen LogP contribution in [0.25, 0.3) is 0 Å². The number of carbonyl (C=O) groups is 1. The van der Waals surface area contributed by atoms with E-state index in [0.717, 1.165) is 6.07 Å². The highest BCUT2D eigenvalue weighted by Gasteiger charge is 2.40. The molecule has 1 atom stereocenters. The second kappa shape index (κ2) is 5.91. The van der Waals surface area contributed by atoms with Gasteiger partial charge in [-0.1, -0.05) is 0 Å². The number of β-lactam (4-membered cyclic amide) rings is 1. The molecule has 1 heterocycles. The first kappa shape index (κ1) is 16.5. The lowest BCUT2D eigenvalue weighted by Gasteiger charge is -2.38. The van der Waals surface area contributed by atoms with Crippen molar-refractivity contribution in [1.29, 1.82) is 0 Å². The second-order valence-corrected chi connectivity index (χ2v) is 6.86. The number of rotatable bonds is 4. The number of benzene rings is 2. The average molecular weight is 356 g/mol. The van der Waals surface area contributed by atoms with Crippen LogP contribution in [0.2, 0.25) is 0 Å². The molecule has 0 aromatic heterocycles. The number of nitrogens with zero attached hydrogens (tertiary/aromatic N) is 1. The molecule has 0 spiro atoms. The van der Waals surface area contributed by atoms with E-state index in [1.54, 1.807) is 0 Å². The third kappa shape index (κ3) is 3.00. The number of amides is 1. The summed E-state index contributed by atoms with van der Waals surface area (Å²) in [7, 11) is -4.39. The largest absolute Gasteiger partial charge is 0.309 e. The molecular formula is C15H11F3N2O3S. The smallest absolute Gasteiger partial charge is 0.247 e. The van der Waals surface area contributed by atoms with Crippen LogP contribution in [0.1, 0.15) is 0 Å². The van der Waals surface area contributed by atoms with E-state index in [1.807, 2.05) is 4.72 Å². The van der Waals surface area contributed by atoms with Gasteiger partial charge in [-0.3, -0.25) is 4.79 Å². The van der Waals surface area contributed by atoms with Crippen LogP contribution in [-0.2, 0) is 14.8 Å². The third-order valence-electron chi connectivity index (χ3n) is 3.55. The molecule has 0 unspecified atom stereocenters. The van der Waals surface area contributed by atoms with Gasteiger partial charge in [0.05, 0.1) is 6.54 Å². The molecule has 1 N–H and O–H groups in total. The van der Waals surface area contributed by atoms with E-state index in [4.69, 9.17) is 0 Å². The van der Waals surface area contributed by atoms with E-state index in [-0.39, 0.29) is 6.54 Å². The highest BCUT2D eigenvalue weighted by Crippen LogP contribution is 2.24. The summed E-state index contributed by atoms with van der Waals surface area (Å²) in [6.07, 6.45) is 0. The molecular weight excluding hydrogens is 345 g/mol. The molecule has 1 fully saturated rings. The second-order valence-electron chi connectivity index (χ2n) is 5.17. The van der Waals surface area contributed by atoms with Crippen LogP contribution in [0.15, 0.2) is 47.4 Å². The van der Waals surface area contributed by atoms with E-state index in [9.17, 15) is 26.4 Å². The average Bonchev–Trinajstić information content (AvgIpc) is 2.54. The molecule has 0 saturated carbocycles. The summed E-state index contributed by atoms with van der Waals surface area (Å²) in [6.45, 7) is 0.000625. The molecule has 24 heavy (non-hydrogen) atoms. The number of sulfonamides is 1. The molecule has 9 heteroatoms. The lowest BCUT2D eigenvalue weighted by Crippen LogP contribution is -2.64. The van der Waals surface area contributed by atoms with Crippen molar-refractivity contribution < 1.29 is 26.4 Å². The lowest BCUT2D eigenvalue weighted by atomic mass is 10.1. The Balaban J connectivity index is 1.75. The highest BCUT2D eigenvalue weighted by atomic mass is 32.2. The van der Waals surface area contributed by atoms with Gasteiger partial charge in [0.25, 0.3) is 0 Å². The van der Waals surface area contributed by atoms with E-state index in [1.165, 1.54) is 29.2 Å². The third-order valence-corrected chi connectivity index (χ3v) is 5.03. The minimum absolute atomic E-state index is 0.000625. The summed E-state index contributed by atoms with van der Waals surface area (Å²) < 4.78 is 65.8. The zero-order valence-electron chi connectivity index (χ0n) is 12.0. The SMILES string of the molecule is O=C1[C@H](NS(=O)(=O)c2cc(F)ccc2F)CN1c1ccc(F)cc1. The fourth-order valence-electron chi connectivity index (χ4n) is 2.30. The maximum atomic E-state index is 13.6. The Labute approximate surface area is 135 Å². The summed E-state index contributed by atoms with van der Waals surface area (Å²) >= 11 is 0. The topological polar surface area (TPSA) is 66.5 Å². The Morgan fingerprint density at radius 2 is 1.62 bits per heavy atom. The van der Waals surface area contributed by atoms with Gasteiger partial charge in [0.15, 0.2) is 0 Å². The summed E-state index contributed by atoms with van der Waals surface area (Å²) in [5.74, 6) is -3.07. The zero-order valence-corrected chi connectivity index (χ0v) is 12.9. The van der Waals surface area contributed by atoms with Crippen LogP contribution < -0.4 is 9.62 Å². The van der Waals surface area contributed by atoms with Crippen LogP contribution in [0.3, 0.4) is 0 Å². The van der Waals surface area contributed by atoms with Crippen LogP contribution in [-0.4, -0.2) is 26.9 Å². The van der Waals surface area contributed by atoms with E-state index in [2.05, 4.69) is 0 Å². The molecule has 1 amide bonds. The van der Waals surface area contributed by atoms with Gasteiger partial charge in [0, 0.05) is 5.69 Å². The quantitative estimate of drug-likeness (QED) is 0.850. The maximum Gasteiger partial charge on any atom is 0.247 e. The number of carbonyl (C=O) groups excluding carboxylic acids is 1. The normalized spacial score (nSPS) is 17.7. The Kier molecular flexibility index (Phi) is 4.06. The number of hydrogen-bond acceptors (Lipinski definition) is 3. The Hall–Kier alpha value is -2.39. The lowest BCUT2D eigenvalue weighted by molar-refractivity contribution is -0.124. The molecule has 2 aromatic rings. The highest BCUT2D eigenvalue weighted by molar-refractivity contribution is 7.89. The van der Waals surface area contributed by atoms with Gasteiger partial charge in [-0.15, -0.1) is 0 Å². The van der Waals surface area contributed by atoms with Crippen LogP contribution in [0.5, 0.6) is 0 Å². The molecule has 0 bridgehead atoms. The summed E-state index contributed by atoms with van der Waals surface area (Å²) in [6, 6.07) is 6.02. The molecule has 2 aromatic carbocycles. The maximum absolute atomic E-state index is 13.6. The van der Waals surface area contributed by atoms with Crippen molar-refractivity contribution in [3.63, 3.8) is 0 Å². The van der Waals surface area contributed by atoms with Crippen molar-refractivity contribution in [1.82, 2.24) is 4.72 Å². The van der Waals surface area contributed by atoms with Crippen molar-refractivity contribution in [3.8, 4) is 0 Å². The predicted octanol–water partition coefficient (Wildman–Crippen LogP) is 1.80. The minimum atomic E-state index is -4.39. The summed E-state index contributed by atoms with van der Waals surface area (Å²) in [5, 5.41) is 0. The predicted molar refractivity (Wildman–Crippen MR) is 79.2 cm³/mol. The molecule has 0 aliphatic carbocycles. The first-order valence-electron chi connectivity index (χ1n) is 6.82. The standard InChI is InChI=1S/C15H11F3N2O3S/c16-9-1-4-11(5-2-9)20-8-13(15(20)21)19-24(22,23)14-7-10(17)3-6-12(14)18/h1-7,13,19H,8H2/t13-/m1/s1. The van der Waals surface area contributed by atoms with Crippen LogP contribution in [0, 0.1) is 17.5 Å². The van der Waals surface area contributed by atoms with Crippen LogP contribution >= 0.6 is 0 Å². The zero-order chi connectivity index (χ0) is 17.5. The van der Waals surface area contributed by atoms with Crippen molar-refractivity contribution in [2.24, 2.45) is 0 Å². The number of halogens is 3. The van der Waals surface area contributed by atoms with Gasteiger partial charge < -0.3 is 4.90 Å². The molecule has 1 saturated heterocycles. The van der Waals surface area contributed by atoms with Gasteiger partial charge >= 0.3 is 0 Å². The summed E-state index contributed by atoms with van der Waals surface area (Å²) in [4.78, 5) is 12.4. The summed E-state index contributed by atoms with van der Waals surface area (Å²) in [5.41, 5.74) is 0.411. The van der Waals surface area contributed by atoms with Crippen molar-refractivity contribution >= 4 is 21.6 Å². The molecule has 0 radical (unpaired) electrons. The Morgan fingerprint density at radius 1 is 1.00 bits per heavy atom. The fourth-order valence-corrected chi connectivity index (χ4v) is 3.57. The Bertz CT molecular complexity index is 901. The number of anilines is 1.